The van der Waals surface area contributed by atoms with Crippen LogP contribution in [0.15, 0.2) is 42.0 Å². The molecule has 0 aliphatic heterocycles. The normalized spacial score (nSPS) is 21.1. The molecule has 0 bridgehead atoms. The molecule has 1 aliphatic rings. The van der Waals surface area contributed by atoms with Gasteiger partial charge in [-0.25, -0.2) is 0 Å². The third-order valence-electron chi connectivity index (χ3n) is 2.97. The molecule has 0 N–H and O–H groups in total. The summed E-state index contributed by atoms with van der Waals surface area (Å²) in [5.41, 5.74) is 2.97. The molecule has 0 spiro atoms. The van der Waals surface area contributed by atoms with Gasteiger partial charge in [-0.1, -0.05) is 42.0 Å². The minimum atomic E-state index is 0.282. The minimum Gasteiger partial charge on any atom is -0.118 e. The first-order valence-corrected chi connectivity index (χ1v) is 6.16. The summed E-state index contributed by atoms with van der Waals surface area (Å²) in [5, 5.41) is 0.282. The van der Waals surface area contributed by atoms with Gasteiger partial charge >= 0.3 is 0 Å². The van der Waals surface area contributed by atoms with Crippen molar-refractivity contribution in [3.63, 3.8) is 0 Å². The van der Waals surface area contributed by atoms with Crippen molar-refractivity contribution >= 4 is 11.6 Å². The smallest absolute Gasteiger partial charge is 0.0518 e. The van der Waals surface area contributed by atoms with Crippen LogP contribution in [0.5, 0.6) is 0 Å². The van der Waals surface area contributed by atoms with Crippen LogP contribution in [-0.2, 0) is 6.42 Å². The van der Waals surface area contributed by atoms with Crippen LogP contribution >= 0.6 is 11.6 Å². The van der Waals surface area contributed by atoms with Crippen LogP contribution < -0.4 is 0 Å². The van der Waals surface area contributed by atoms with E-state index < -0.39 is 0 Å². The molecule has 1 unspecified atom stereocenters. The average Bonchev–Trinajstić information content (AvgIpc) is 2.28. The number of alkyl halides is 1. The molecule has 0 radical (unpaired) electrons. The molecule has 0 amide bonds. The highest BCUT2D eigenvalue weighted by molar-refractivity contribution is 6.21. The van der Waals surface area contributed by atoms with Crippen molar-refractivity contribution in [1.82, 2.24) is 0 Å². The van der Waals surface area contributed by atoms with Crippen LogP contribution in [0.25, 0.3) is 0 Å². The average molecular weight is 221 g/mol. The van der Waals surface area contributed by atoms with Gasteiger partial charge in [0.2, 0.25) is 0 Å². The fraction of sp³-hybridized carbons (Fsp3) is 0.429. The molecule has 0 nitrogen and oxygen atoms in total. The summed E-state index contributed by atoms with van der Waals surface area (Å²) in [7, 11) is 0. The predicted octanol–water partition coefficient (Wildman–Crippen LogP) is 4.34. The molecule has 0 saturated heterocycles. The Labute approximate surface area is 97.0 Å². The lowest BCUT2D eigenvalue weighted by atomic mass is 9.94. The second kappa shape index (κ2) is 5.37. The summed E-state index contributed by atoms with van der Waals surface area (Å²) >= 11 is 6.12. The first-order valence-electron chi connectivity index (χ1n) is 5.72. The van der Waals surface area contributed by atoms with Crippen LogP contribution in [0.3, 0.4) is 0 Å². The van der Waals surface area contributed by atoms with E-state index >= 15 is 0 Å². The van der Waals surface area contributed by atoms with Crippen LogP contribution in [-0.4, -0.2) is 5.38 Å². The van der Waals surface area contributed by atoms with Crippen molar-refractivity contribution in [3.05, 3.63) is 47.5 Å². The summed E-state index contributed by atoms with van der Waals surface area (Å²) in [6, 6.07) is 10.7. The van der Waals surface area contributed by atoms with Gasteiger partial charge in [-0.05, 0) is 37.7 Å². The molecule has 0 aromatic heterocycles. The van der Waals surface area contributed by atoms with Gasteiger partial charge in [0, 0.05) is 0 Å². The van der Waals surface area contributed by atoms with Gasteiger partial charge in [0.05, 0.1) is 5.38 Å². The van der Waals surface area contributed by atoms with E-state index in [1.807, 2.05) is 0 Å². The molecule has 1 aromatic rings. The SMILES string of the molecule is ClC1C=C(CCc2ccccc2)CCC1. The van der Waals surface area contributed by atoms with Gasteiger partial charge in [-0.2, -0.15) is 0 Å². The lowest BCUT2D eigenvalue weighted by Crippen LogP contribution is -2.04. The first kappa shape index (κ1) is 10.8. The number of allylic oxidation sites excluding steroid dienone is 2. The second-order valence-electron chi connectivity index (χ2n) is 4.22. The molecule has 0 fully saturated rings. The molecule has 1 heteroatoms. The number of rotatable bonds is 3. The van der Waals surface area contributed by atoms with Crippen LogP contribution in [0.2, 0.25) is 0 Å². The van der Waals surface area contributed by atoms with E-state index in [1.165, 1.54) is 24.8 Å². The highest BCUT2D eigenvalue weighted by atomic mass is 35.5. The predicted molar refractivity (Wildman–Crippen MR) is 66.3 cm³/mol. The monoisotopic (exact) mass is 220 g/mol. The zero-order valence-electron chi connectivity index (χ0n) is 8.95. The van der Waals surface area contributed by atoms with Crippen molar-refractivity contribution in [1.29, 1.82) is 0 Å². The van der Waals surface area contributed by atoms with Gasteiger partial charge in [-0.15, -0.1) is 11.6 Å². The number of benzene rings is 1. The number of halogens is 1. The van der Waals surface area contributed by atoms with E-state index in [1.54, 1.807) is 5.57 Å². The third kappa shape index (κ3) is 3.39. The van der Waals surface area contributed by atoms with E-state index in [-0.39, 0.29) is 5.38 Å². The maximum absolute atomic E-state index is 6.12. The lowest BCUT2D eigenvalue weighted by Gasteiger charge is -2.16. The molecule has 1 aliphatic carbocycles. The van der Waals surface area contributed by atoms with Crippen LogP contribution in [0, 0.1) is 0 Å². The highest BCUT2D eigenvalue weighted by Gasteiger charge is 2.10. The molecule has 0 heterocycles. The molecule has 1 aromatic carbocycles. The number of aryl methyl sites for hydroxylation is 1. The van der Waals surface area contributed by atoms with Gasteiger partial charge in [0.15, 0.2) is 0 Å². The molecule has 0 saturated carbocycles. The second-order valence-corrected chi connectivity index (χ2v) is 4.78. The summed E-state index contributed by atoms with van der Waals surface area (Å²) in [5.74, 6) is 0. The fourth-order valence-corrected chi connectivity index (χ4v) is 2.44. The third-order valence-corrected chi connectivity index (χ3v) is 3.32. The Morgan fingerprint density at radius 3 is 2.67 bits per heavy atom. The Kier molecular flexibility index (Phi) is 3.85. The van der Waals surface area contributed by atoms with Gasteiger partial charge in [-0.3, -0.25) is 0 Å². The lowest BCUT2D eigenvalue weighted by molar-refractivity contribution is 0.678. The van der Waals surface area contributed by atoms with Gasteiger partial charge < -0.3 is 0 Å². The van der Waals surface area contributed by atoms with Crippen molar-refractivity contribution in [3.8, 4) is 0 Å². The van der Waals surface area contributed by atoms with Crippen LogP contribution in [0.1, 0.15) is 31.2 Å². The Morgan fingerprint density at radius 1 is 1.13 bits per heavy atom. The maximum atomic E-state index is 6.12. The van der Waals surface area contributed by atoms with E-state index in [0.29, 0.717) is 0 Å². The molecule has 2 rings (SSSR count). The first-order chi connectivity index (χ1) is 7.34. The topological polar surface area (TPSA) is 0 Å². The van der Waals surface area contributed by atoms with Crippen molar-refractivity contribution in [2.24, 2.45) is 0 Å². The fourth-order valence-electron chi connectivity index (χ4n) is 2.10. The quantitative estimate of drug-likeness (QED) is 0.525. The Balaban J connectivity index is 1.88. The Bertz CT molecular complexity index is 326. The molecule has 1 atom stereocenters. The zero-order valence-corrected chi connectivity index (χ0v) is 9.71. The largest absolute Gasteiger partial charge is 0.118 e. The molecular weight excluding hydrogens is 204 g/mol. The van der Waals surface area contributed by atoms with Gasteiger partial charge in [0.25, 0.3) is 0 Å². The Morgan fingerprint density at radius 2 is 1.93 bits per heavy atom. The maximum Gasteiger partial charge on any atom is 0.0518 e. The zero-order chi connectivity index (χ0) is 10.5. The standard InChI is InChI=1S/C14H17Cl/c15-14-8-4-7-13(11-14)10-9-12-5-2-1-3-6-12/h1-3,5-6,11,14H,4,7-10H2. The van der Waals surface area contributed by atoms with Crippen LogP contribution in [0.4, 0.5) is 0 Å². The van der Waals surface area contributed by atoms with Crippen molar-refractivity contribution < 1.29 is 0 Å². The van der Waals surface area contributed by atoms with E-state index in [2.05, 4.69) is 36.4 Å². The van der Waals surface area contributed by atoms with Crippen molar-refractivity contribution in [2.75, 3.05) is 0 Å². The van der Waals surface area contributed by atoms with E-state index in [9.17, 15) is 0 Å². The summed E-state index contributed by atoms with van der Waals surface area (Å²) in [6.45, 7) is 0. The number of hydrogen-bond acceptors (Lipinski definition) is 0. The summed E-state index contributed by atoms with van der Waals surface area (Å²) in [6.07, 6.45) is 8.23. The van der Waals surface area contributed by atoms with Crippen molar-refractivity contribution in [2.45, 2.75) is 37.5 Å². The molecular formula is C14H17Cl. The highest BCUT2D eigenvalue weighted by Crippen LogP contribution is 2.24. The summed E-state index contributed by atoms with van der Waals surface area (Å²) in [4.78, 5) is 0. The molecule has 80 valence electrons. The van der Waals surface area contributed by atoms with E-state index in [4.69, 9.17) is 11.6 Å². The minimum absolute atomic E-state index is 0.282. The summed E-state index contributed by atoms with van der Waals surface area (Å²) < 4.78 is 0. The Hall–Kier alpha value is -0.750. The molecule has 15 heavy (non-hydrogen) atoms. The van der Waals surface area contributed by atoms with Gasteiger partial charge in [0.1, 0.15) is 0 Å². The number of hydrogen-bond donors (Lipinski definition) is 0. The van der Waals surface area contributed by atoms with E-state index in [0.717, 1.165) is 12.8 Å².